The van der Waals surface area contributed by atoms with Gasteiger partial charge >= 0.3 is 0 Å². The summed E-state index contributed by atoms with van der Waals surface area (Å²) in [6, 6.07) is 6.39. The lowest BCUT2D eigenvalue weighted by Crippen LogP contribution is -2.39. The van der Waals surface area contributed by atoms with Crippen molar-refractivity contribution in [1.29, 1.82) is 0 Å². The number of anilines is 1. The molecule has 2 N–H and O–H groups in total. The molecule has 1 saturated carbocycles. The number of sulfonamides is 1. The summed E-state index contributed by atoms with van der Waals surface area (Å²) in [5.74, 6) is 1.03. The first-order valence-corrected chi connectivity index (χ1v) is 12.2. The Morgan fingerprint density at radius 1 is 1.07 bits per heavy atom. The summed E-state index contributed by atoms with van der Waals surface area (Å²) >= 11 is 0. The van der Waals surface area contributed by atoms with Crippen molar-refractivity contribution < 1.29 is 13.2 Å². The minimum absolute atomic E-state index is 0.389. The minimum atomic E-state index is -3.23. The first-order valence-electron chi connectivity index (χ1n) is 10.8. The molecule has 1 aromatic rings. The van der Waals surface area contributed by atoms with Crippen molar-refractivity contribution in [3.63, 3.8) is 0 Å². The van der Waals surface area contributed by atoms with Gasteiger partial charge in [0.1, 0.15) is 5.75 Å². The Morgan fingerprint density at radius 3 is 2.39 bits per heavy atom. The predicted octanol–water partition coefficient (Wildman–Crippen LogP) is 4.87. The number of benzene rings is 1. The Hall–Kier alpha value is -1.27. The maximum absolute atomic E-state index is 12.0. The molecule has 0 aromatic heterocycles. The molecule has 6 heteroatoms. The van der Waals surface area contributed by atoms with Crippen molar-refractivity contribution in [2.45, 2.75) is 89.9 Å². The second kappa shape index (κ2) is 10.5. The monoisotopic (exact) mass is 410 g/mol. The molecule has 28 heavy (non-hydrogen) atoms. The molecular weight excluding hydrogens is 372 g/mol. The first-order chi connectivity index (χ1) is 13.2. The van der Waals surface area contributed by atoms with Crippen LogP contribution in [0.3, 0.4) is 0 Å². The fraction of sp³-hybridized carbons (Fsp3) is 0.727. The molecular formula is C22H38N2O3S. The normalized spacial score (nSPS) is 15.7. The van der Waals surface area contributed by atoms with Crippen LogP contribution in [0.2, 0.25) is 0 Å². The van der Waals surface area contributed by atoms with Crippen LogP contribution < -0.4 is 14.8 Å². The summed E-state index contributed by atoms with van der Waals surface area (Å²) in [4.78, 5) is 0. The molecule has 1 aliphatic rings. The van der Waals surface area contributed by atoms with Crippen LogP contribution in [-0.2, 0) is 16.4 Å². The highest BCUT2D eigenvalue weighted by Crippen LogP contribution is 2.29. The van der Waals surface area contributed by atoms with Crippen LogP contribution in [-0.4, -0.2) is 32.4 Å². The summed E-state index contributed by atoms with van der Waals surface area (Å²) in [6.45, 7) is 8.71. The van der Waals surface area contributed by atoms with E-state index < -0.39 is 14.8 Å². The third kappa shape index (κ3) is 6.96. The number of nitrogens with one attached hydrogen (secondary N) is 2. The van der Waals surface area contributed by atoms with Crippen LogP contribution in [0.4, 0.5) is 5.69 Å². The standard InChI is InChI=1S/C22H38N2O3S/c1-5-18-17-19(13-14-21(18)27-20-11-7-8-12-20)23-15-9-6-10-16-24-28(25,26)22(2,3)4/h13-14,17,20,23-24H,5-12,15-16H2,1-4H3. The molecule has 1 aromatic carbocycles. The highest BCUT2D eigenvalue weighted by molar-refractivity contribution is 7.90. The van der Waals surface area contributed by atoms with E-state index in [9.17, 15) is 8.42 Å². The van der Waals surface area contributed by atoms with Gasteiger partial charge in [-0.2, -0.15) is 0 Å². The third-order valence-electron chi connectivity index (χ3n) is 5.32. The zero-order valence-corrected chi connectivity index (χ0v) is 18.8. The second-order valence-corrected chi connectivity index (χ2v) is 11.2. The van der Waals surface area contributed by atoms with Crippen LogP contribution in [0.5, 0.6) is 5.75 Å². The molecule has 1 aliphatic carbocycles. The Morgan fingerprint density at radius 2 is 1.75 bits per heavy atom. The number of ether oxygens (including phenoxy) is 1. The van der Waals surface area contributed by atoms with E-state index in [0.717, 1.165) is 43.7 Å². The summed E-state index contributed by atoms with van der Waals surface area (Å²) < 4.78 is 32.1. The average Bonchev–Trinajstić information content (AvgIpc) is 3.14. The van der Waals surface area contributed by atoms with E-state index in [4.69, 9.17) is 4.74 Å². The number of hydrogen-bond donors (Lipinski definition) is 2. The smallest absolute Gasteiger partial charge is 0.216 e. The summed E-state index contributed by atoms with van der Waals surface area (Å²) in [6.07, 6.45) is 9.12. The molecule has 1 fully saturated rings. The zero-order valence-electron chi connectivity index (χ0n) is 18.0. The molecule has 0 radical (unpaired) electrons. The van der Waals surface area contributed by atoms with Gasteiger partial charge in [0.05, 0.1) is 10.9 Å². The summed E-state index contributed by atoms with van der Waals surface area (Å²) in [5, 5.41) is 3.48. The summed E-state index contributed by atoms with van der Waals surface area (Å²) in [5.41, 5.74) is 2.39. The van der Waals surface area contributed by atoms with Gasteiger partial charge in [-0.15, -0.1) is 0 Å². The molecule has 2 rings (SSSR count). The van der Waals surface area contributed by atoms with E-state index in [-0.39, 0.29) is 0 Å². The van der Waals surface area contributed by atoms with Crippen LogP contribution in [0.15, 0.2) is 18.2 Å². The lowest BCUT2D eigenvalue weighted by molar-refractivity contribution is 0.208. The Bertz CT molecular complexity index is 705. The van der Waals surface area contributed by atoms with Gasteiger partial charge in [-0.1, -0.05) is 13.3 Å². The Balaban J connectivity index is 1.68. The van der Waals surface area contributed by atoms with Crippen molar-refractivity contribution in [2.75, 3.05) is 18.4 Å². The quantitative estimate of drug-likeness (QED) is 0.511. The van der Waals surface area contributed by atoms with Crippen LogP contribution >= 0.6 is 0 Å². The van der Waals surface area contributed by atoms with E-state index >= 15 is 0 Å². The Kier molecular flexibility index (Phi) is 8.62. The molecule has 0 amide bonds. The first kappa shape index (κ1) is 23.0. The van der Waals surface area contributed by atoms with Gasteiger partial charge in [0.15, 0.2) is 0 Å². The third-order valence-corrected chi connectivity index (χ3v) is 7.51. The van der Waals surface area contributed by atoms with E-state index in [1.165, 1.54) is 31.2 Å². The van der Waals surface area contributed by atoms with Crippen LogP contribution in [0.25, 0.3) is 0 Å². The number of hydrogen-bond acceptors (Lipinski definition) is 4. The average molecular weight is 411 g/mol. The molecule has 0 unspecified atom stereocenters. The zero-order chi connectivity index (χ0) is 20.6. The van der Waals surface area contributed by atoms with Crippen molar-refractivity contribution in [2.24, 2.45) is 0 Å². The van der Waals surface area contributed by atoms with Crippen LogP contribution in [0, 0.1) is 0 Å². The van der Waals surface area contributed by atoms with Crippen molar-refractivity contribution in [3.05, 3.63) is 23.8 Å². The highest BCUT2D eigenvalue weighted by Gasteiger charge is 2.27. The molecule has 0 atom stereocenters. The number of unbranched alkanes of at least 4 members (excludes halogenated alkanes) is 2. The molecule has 0 spiro atoms. The van der Waals surface area contributed by atoms with Gasteiger partial charge < -0.3 is 10.1 Å². The lowest BCUT2D eigenvalue weighted by atomic mass is 10.1. The molecule has 160 valence electrons. The van der Waals surface area contributed by atoms with Crippen molar-refractivity contribution >= 4 is 15.7 Å². The van der Waals surface area contributed by atoms with E-state index in [1.54, 1.807) is 20.8 Å². The molecule has 0 saturated heterocycles. The van der Waals surface area contributed by atoms with Gasteiger partial charge in [0.2, 0.25) is 10.0 Å². The molecule has 0 bridgehead atoms. The van der Waals surface area contributed by atoms with E-state index in [1.807, 2.05) is 0 Å². The maximum atomic E-state index is 12.0. The predicted molar refractivity (Wildman–Crippen MR) is 118 cm³/mol. The van der Waals surface area contributed by atoms with Gasteiger partial charge in [-0.25, -0.2) is 13.1 Å². The SMILES string of the molecule is CCc1cc(NCCCCCNS(=O)(=O)C(C)(C)C)ccc1OC1CCCC1. The highest BCUT2D eigenvalue weighted by atomic mass is 32.2. The van der Waals surface area contributed by atoms with Crippen LogP contribution in [0.1, 0.15) is 78.2 Å². The number of aryl methyl sites for hydroxylation is 1. The van der Waals surface area contributed by atoms with Gasteiger partial charge in [-0.05, 0) is 89.5 Å². The fourth-order valence-corrected chi connectivity index (χ4v) is 4.20. The molecule has 0 aliphatic heterocycles. The molecule has 0 heterocycles. The summed E-state index contributed by atoms with van der Waals surface area (Å²) in [7, 11) is -3.23. The van der Waals surface area contributed by atoms with E-state index in [0.29, 0.717) is 12.6 Å². The number of rotatable bonds is 11. The minimum Gasteiger partial charge on any atom is -0.490 e. The van der Waals surface area contributed by atoms with E-state index in [2.05, 4.69) is 35.2 Å². The van der Waals surface area contributed by atoms with Crippen molar-refractivity contribution in [1.82, 2.24) is 4.72 Å². The topological polar surface area (TPSA) is 67.4 Å². The Labute approximate surface area is 171 Å². The largest absolute Gasteiger partial charge is 0.490 e. The van der Waals surface area contributed by atoms with Crippen molar-refractivity contribution in [3.8, 4) is 5.75 Å². The lowest BCUT2D eigenvalue weighted by Gasteiger charge is -2.19. The van der Waals surface area contributed by atoms with Gasteiger partial charge in [-0.3, -0.25) is 0 Å². The second-order valence-electron chi connectivity index (χ2n) is 8.70. The fourth-order valence-electron chi connectivity index (χ4n) is 3.35. The van der Waals surface area contributed by atoms with Gasteiger partial charge in [0.25, 0.3) is 0 Å². The molecule has 5 nitrogen and oxygen atoms in total. The maximum Gasteiger partial charge on any atom is 0.216 e. The van der Waals surface area contributed by atoms with Gasteiger partial charge in [0, 0.05) is 18.8 Å².